The summed E-state index contributed by atoms with van der Waals surface area (Å²) in [6.07, 6.45) is 1.59. The van der Waals surface area contributed by atoms with Crippen molar-refractivity contribution in [3.8, 4) is 0 Å². The van der Waals surface area contributed by atoms with Gasteiger partial charge in [0.25, 0.3) is 0 Å². The molecule has 1 aromatic carbocycles. The fraction of sp³-hybridized carbons (Fsp3) is 0.143. The van der Waals surface area contributed by atoms with Crippen LogP contribution in [0.5, 0.6) is 0 Å². The molecule has 0 saturated heterocycles. The van der Waals surface area contributed by atoms with Crippen molar-refractivity contribution in [2.45, 2.75) is 6.92 Å². The molecule has 1 heterocycles. The molecule has 0 amide bonds. The lowest BCUT2D eigenvalue weighted by Gasteiger charge is -2.20. The lowest BCUT2D eigenvalue weighted by molar-refractivity contribution is 0.0697. The predicted octanol–water partition coefficient (Wildman–Crippen LogP) is 3.62. The zero-order valence-electron chi connectivity index (χ0n) is 10.6. The van der Waals surface area contributed by atoms with E-state index in [1.165, 1.54) is 0 Å². The minimum absolute atomic E-state index is 0.164. The van der Waals surface area contributed by atoms with E-state index in [4.69, 9.17) is 0 Å². The van der Waals surface area contributed by atoms with E-state index >= 15 is 0 Å². The molecule has 1 aromatic heterocycles. The molecular weight excluding hydrogens is 308 g/mol. The van der Waals surface area contributed by atoms with Crippen molar-refractivity contribution in [2.24, 2.45) is 0 Å². The van der Waals surface area contributed by atoms with Crippen molar-refractivity contribution in [3.63, 3.8) is 0 Å². The Morgan fingerprint density at radius 1 is 1.32 bits per heavy atom. The van der Waals surface area contributed by atoms with Gasteiger partial charge in [-0.15, -0.1) is 0 Å². The molecule has 0 aliphatic carbocycles. The Bertz CT molecular complexity index is 611. The normalized spacial score (nSPS) is 10.3. The van der Waals surface area contributed by atoms with Gasteiger partial charge in [-0.3, -0.25) is 0 Å². The number of carbonyl (C=O) groups is 1. The van der Waals surface area contributed by atoms with Crippen LogP contribution in [0.4, 0.5) is 11.5 Å². The third kappa shape index (κ3) is 2.93. The molecule has 0 atom stereocenters. The van der Waals surface area contributed by atoms with Crippen molar-refractivity contribution in [2.75, 3.05) is 11.9 Å². The molecule has 4 nitrogen and oxygen atoms in total. The highest BCUT2D eigenvalue weighted by molar-refractivity contribution is 9.10. The van der Waals surface area contributed by atoms with Gasteiger partial charge in [-0.05, 0) is 41.1 Å². The Labute approximate surface area is 119 Å². The molecule has 2 rings (SSSR count). The van der Waals surface area contributed by atoms with Crippen LogP contribution < -0.4 is 4.90 Å². The van der Waals surface area contributed by atoms with Gasteiger partial charge in [-0.25, -0.2) is 9.78 Å². The number of hydrogen-bond acceptors (Lipinski definition) is 3. The van der Waals surface area contributed by atoms with Crippen molar-refractivity contribution >= 4 is 33.4 Å². The quantitative estimate of drug-likeness (QED) is 0.938. The highest BCUT2D eigenvalue weighted by atomic mass is 79.9. The number of halogens is 1. The summed E-state index contributed by atoms with van der Waals surface area (Å²) in [4.78, 5) is 17.2. The maximum Gasteiger partial charge on any atom is 0.339 e. The van der Waals surface area contributed by atoms with Gasteiger partial charge in [-0.1, -0.05) is 17.7 Å². The van der Waals surface area contributed by atoms with E-state index in [2.05, 4.69) is 20.9 Å². The van der Waals surface area contributed by atoms with Crippen LogP contribution >= 0.6 is 15.9 Å². The number of aryl methyl sites for hydroxylation is 1. The first-order chi connectivity index (χ1) is 8.99. The maximum absolute atomic E-state index is 11.3. The van der Waals surface area contributed by atoms with E-state index in [9.17, 15) is 9.90 Å². The second-order valence-corrected chi connectivity index (χ2v) is 5.14. The fourth-order valence-electron chi connectivity index (χ4n) is 1.75. The highest BCUT2D eigenvalue weighted by Crippen LogP contribution is 2.27. The number of nitrogens with zero attached hydrogens (tertiary/aromatic N) is 2. The van der Waals surface area contributed by atoms with E-state index in [0.29, 0.717) is 10.3 Å². The number of benzene rings is 1. The number of anilines is 2. The van der Waals surface area contributed by atoms with Gasteiger partial charge >= 0.3 is 5.97 Å². The van der Waals surface area contributed by atoms with Gasteiger partial charge in [0, 0.05) is 23.4 Å². The minimum atomic E-state index is -0.997. The molecule has 0 spiro atoms. The second kappa shape index (κ2) is 5.40. The van der Waals surface area contributed by atoms with Gasteiger partial charge in [0.2, 0.25) is 0 Å². The summed E-state index contributed by atoms with van der Waals surface area (Å²) in [7, 11) is 1.80. The van der Waals surface area contributed by atoms with Gasteiger partial charge in [0.1, 0.15) is 11.4 Å². The first kappa shape index (κ1) is 13.5. The highest BCUT2D eigenvalue weighted by Gasteiger charge is 2.16. The average Bonchev–Trinajstić information content (AvgIpc) is 2.38. The Balaban J connectivity index is 2.46. The number of aromatic nitrogens is 1. The van der Waals surface area contributed by atoms with Gasteiger partial charge < -0.3 is 10.0 Å². The third-order valence-corrected chi connectivity index (χ3v) is 3.24. The molecule has 1 N–H and O–H groups in total. The molecule has 0 radical (unpaired) electrons. The molecule has 19 heavy (non-hydrogen) atoms. The summed E-state index contributed by atoms with van der Waals surface area (Å²) in [5, 5.41) is 9.24. The lowest BCUT2D eigenvalue weighted by atomic mass is 10.2. The molecule has 0 saturated carbocycles. The Morgan fingerprint density at radius 2 is 1.95 bits per heavy atom. The van der Waals surface area contributed by atoms with Gasteiger partial charge in [0.05, 0.1) is 0 Å². The number of pyridine rings is 1. The fourth-order valence-corrected chi connectivity index (χ4v) is 2.08. The van der Waals surface area contributed by atoms with E-state index < -0.39 is 5.97 Å². The molecular formula is C14H13BrN2O2. The van der Waals surface area contributed by atoms with Crippen LogP contribution in [0.1, 0.15) is 15.9 Å². The van der Waals surface area contributed by atoms with Crippen molar-refractivity contribution in [1.82, 2.24) is 4.98 Å². The molecule has 0 bridgehead atoms. The zero-order valence-corrected chi connectivity index (χ0v) is 12.2. The number of rotatable bonds is 3. The smallest absolute Gasteiger partial charge is 0.339 e. The molecule has 5 heteroatoms. The summed E-state index contributed by atoms with van der Waals surface area (Å²) >= 11 is 3.24. The van der Waals surface area contributed by atoms with E-state index in [0.717, 1.165) is 11.3 Å². The average molecular weight is 321 g/mol. The summed E-state index contributed by atoms with van der Waals surface area (Å²) < 4.78 is 0.644. The first-order valence-electron chi connectivity index (χ1n) is 5.68. The van der Waals surface area contributed by atoms with Crippen LogP contribution in [0.25, 0.3) is 0 Å². The van der Waals surface area contributed by atoms with Crippen molar-refractivity contribution in [1.29, 1.82) is 0 Å². The number of carboxylic acids is 1. The Morgan fingerprint density at radius 3 is 2.53 bits per heavy atom. The van der Waals surface area contributed by atoms with E-state index in [1.54, 1.807) is 24.2 Å². The topological polar surface area (TPSA) is 53.4 Å². The minimum Gasteiger partial charge on any atom is -0.478 e. The SMILES string of the molecule is Cc1ccc(N(C)c2ncc(Br)cc2C(=O)O)cc1. The second-order valence-electron chi connectivity index (χ2n) is 4.22. The molecule has 98 valence electrons. The molecule has 0 fully saturated rings. The van der Waals surface area contributed by atoms with Crippen molar-refractivity contribution in [3.05, 3.63) is 52.1 Å². The number of aromatic carboxylic acids is 1. The first-order valence-corrected chi connectivity index (χ1v) is 6.47. The zero-order chi connectivity index (χ0) is 14.0. The van der Waals surface area contributed by atoms with Crippen LogP contribution in [0, 0.1) is 6.92 Å². The molecule has 2 aromatic rings. The predicted molar refractivity (Wildman–Crippen MR) is 78.1 cm³/mol. The van der Waals surface area contributed by atoms with Gasteiger partial charge in [-0.2, -0.15) is 0 Å². The van der Waals surface area contributed by atoms with Crippen LogP contribution in [0.2, 0.25) is 0 Å². The summed E-state index contributed by atoms with van der Waals surface area (Å²) in [6.45, 7) is 2.00. The maximum atomic E-state index is 11.3. The lowest BCUT2D eigenvalue weighted by Crippen LogP contribution is -2.15. The molecule has 0 aliphatic heterocycles. The largest absolute Gasteiger partial charge is 0.478 e. The third-order valence-electron chi connectivity index (χ3n) is 2.80. The standard InChI is InChI=1S/C14H13BrN2O2/c1-9-3-5-11(6-4-9)17(2)13-12(14(18)19)7-10(15)8-16-13/h3-8H,1-2H3,(H,18,19). The summed E-state index contributed by atoms with van der Waals surface area (Å²) in [5.74, 6) is -0.581. The molecule has 0 unspecified atom stereocenters. The van der Waals surface area contributed by atoms with Gasteiger partial charge in [0.15, 0.2) is 0 Å². The monoisotopic (exact) mass is 320 g/mol. The van der Waals surface area contributed by atoms with Crippen LogP contribution in [-0.4, -0.2) is 23.1 Å². The summed E-state index contributed by atoms with van der Waals surface area (Å²) in [6, 6.07) is 9.38. The van der Waals surface area contributed by atoms with E-state index in [1.807, 2.05) is 31.2 Å². The number of hydrogen-bond donors (Lipinski definition) is 1. The van der Waals surface area contributed by atoms with Crippen LogP contribution in [0.15, 0.2) is 41.0 Å². The Hall–Kier alpha value is -1.88. The van der Waals surface area contributed by atoms with E-state index in [-0.39, 0.29) is 5.56 Å². The van der Waals surface area contributed by atoms with Crippen molar-refractivity contribution < 1.29 is 9.90 Å². The van der Waals surface area contributed by atoms with Crippen LogP contribution in [-0.2, 0) is 0 Å². The molecule has 0 aliphatic rings. The Kier molecular flexibility index (Phi) is 3.85. The number of carboxylic acid groups (broad SMARTS) is 1. The van der Waals surface area contributed by atoms with Crippen LogP contribution in [0.3, 0.4) is 0 Å². The summed E-state index contributed by atoms with van der Waals surface area (Å²) in [5.41, 5.74) is 2.21.